The van der Waals surface area contributed by atoms with E-state index in [0.29, 0.717) is 24.3 Å². The third-order valence-corrected chi connectivity index (χ3v) is 5.35. The molecule has 2 aromatic rings. The fraction of sp³-hybridized carbons (Fsp3) is 0.375. The highest BCUT2D eigenvalue weighted by Gasteiger charge is 2.26. The molecule has 1 fully saturated rings. The molecule has 1 saturated heterocycles. The molecule has 2 aromatic carbocycles. The molecule has 1 aliphatic heterocycles. The summed E-state index contributed by atoms with van der Waals surface area (Å²) in [6, 6.07) is 13.8. The van der Waals surface area contributed by atoms with Crippen molar-refractivity contribution in [3.63, 3.8) is 0 Å². The van der Waals surface area contributed by atoms with E-state index in [2.05, 4.69) is 10.6 Å². The van der Waals surface area contributed by atoms with Gasteiger partial charge in [0.1, 0.15) is 11.8 Å². The van der Waals surface area contributed by atoms with E-state index in [1.807, 2.05) is 38.1 Å². The first-order chi connectivity index (χ1) is 14.9. The van der Waals surface area contributed by atoms with Gasteiger partial charge in [-0.1, -0.05) is 38.1 Å². The molecule has 3 rings (SSSR count). The second kappa shape index (κ2) is 10.1. The van der Waals surface area contributed by atoms with Gasteiger partial charge in [0.2, 0.25) is 11.8 Å². The third-order valence-electron chi connectivity index (χ3n) is 5.35. The van der Waals surface area contributed by atoms with E-state index < -0.39 is 6.04 Å². The highest BCUT2D eigenvalue weighted by atomic mass is 16.5. The predicted molar refractivity (Wildman–Crippen MR) is 119 cm³/mol. The van der Waals surface area contributed by atoms with E-state index in [0.717, 1.165) is 24.2 Å². The van der Waals surface area contributed by atoms with Crippen LogP contribution in [0.3, 0.4) is 0 Å². The Labute approximate surface area is 182 Å². The number of para-hydroxylation sites is 1. The molecule has 7 nitrogen and oxygen atoms in total. The van der Waals surface area contributed by atoms with Crippen LogP contribution in [0.2, 0.25) is 0 Å². The number of benzene rings is 2. The van der Waals surface area contributed by atoms with Crippen molar-refractivity contribution in [2.75, 3.05) is 18.6 Å². The minimum atomic E-state index is -0.694. The summed E-state index contributed by atoms with van der Waals surface area (Å²) in [5.41, 5.74) is 2.12. The van der Waals surface area contributed by atoms with E-state index >= 15 is 0 Å². The number of anilines is 1. The first-order valence-corrected chi connectivity index (χ1v) is 10.5. The van der Waals surface area contributed by atoms with Crippen molar-refractivity contribution in [1.82, 2.24) is 10.6 Å². The van der Waals surface area contributed by atoms with Gasteiger partial charge < -0.3 is 20.3 Å². The van der Waals surface area contributed by atoms with Crippen molar-refractivity contribution >= 4 is 23.4 Å². The summed E-state index contributed by atoms with van der Waals surface area (Å²) in [6.45, 7) is 4.79. The van der Waals surface area contributed by atoms with E-state index in [1.165, 1.54) is 7.11 Å². The molecule has 1 unspecified atom stereocenters. The number of carbonyl (C=O) groups excluding carboxylic acids is 3. The van der Waals surface area contributed by atoms with Crippen molar-refractivity contribution in [2.24, 2.45) is 5.92 Å². The van der Waals surface area contributed by atoms with Crippen LogP contribution in [0.15, 0.2) is 48.5 Å². The predicted octanol–water partition coefficient (Wildman–Crippen LogP) is 2.89. The molecule has 1 aliphatic rings. The Bertz CT molecular complexity index is 957. The maximum Gasteiger partial charge on any atom is 0.255 e. The molecule has 0 aliphatic carbocycles. The fourth-order valence-electron chi connectivity index (χ4n) is 3.64. The minimum Gasteiger partial charge on any atom is -0.496 e. The molecule has 7 heteroatoms. The number of methoxy groups -OCH3 is 1. The first-order valence-electron chi connectivity index (χ1n) is 10.5. The SMILES string of the molecule is COc1ccccc1C(=O)NC(C(=O)NCc1cccc(N2CCCC2=O)c1)C(C)C. The van der Waals surface area contributed by atoms with Crippen LogP contribution in [0.1, 0.15) is 42.6 Å². The molecule has 1 heterocycles. The van der Waals surface area contributed by atoms with Gasteiger partial charge in [-0.15, -0.1) is 0 Å². The lowest BCUT2D eigenvalue weighted by atomic mass is 10.0. The Hall–Kier alpha value is -3.35. The summed E-state index contributed by atoms with van der Waals surface area (Å²) in [5.74, 6) is -0.148. The van der Waals surface area contributed by atoms with E-state index in [9.17, 15) is 14.4 Å². The zero-order valence-electron chi connectivity index (χ0n) is 18.2. The Kier molecular flexibility index (Phi) is 7.28. The number of nitrogens with zero attached hydrogens (tertiary/aromatic N) is 1. The number of rotatable bonds is 8. The van der Waals surface area contributed by atoms with Crippen molar-refractivity contribution in [3.05, 3.63) is 59.7 Å². The summed E-state index contributed by atoms with van der Waals surface area (Å²) >= 11 is 0. The normalized spacial score (nSPS) is 14.5. The maximum atomic E-state index is 12.9. The smallest absolute Gasteiger partial charge is 0.255 e. The van der Waals surface area contributed by atoms with Gasteiger partial charge in [0.25, 0.3) is 5.91 Å². The van der Waals surface area contributed by atoms with Gasteiger partial charge in [0, 0.05) is 25.2 Å². The van der Waals surface area contributed by atoms with E-state index in [-0.39, 0.29) is 23.6 Å². The molecule has 0 radical (unpaired) electrons. The quantitative estimate of drug-likeness (QED) is 0.683. The summed E-state index contributed by atoms with van der Waals surface area (Å²) < 4.78 is 5.25. The topological polar surface area (TPSA) is 87.7 Å². The van der Waals surface area contributed by atoms with E-state index in [1.54, 1.807) is 29.2 Å². The number of hydrogen-bond acceptors (Lipinski definition) is 4. The zero-order valence-corrected chi connectivity index (χ0v) is 18.2. The van der Waals surface area contributed by atoms with Crippen molar-refractivity contribution < 1.29 is 19.1 Å². The number of amides is 3. The lowest BCUT2D eigenvalue weighted by Crippen LogP contribution is -2.49. The van der Waals surface area contributed by atoms with Crippen LogP contribution in [0, 0.1) is 5.92 Å². The monoisotopic (exact) mass is 423 g/mol. The van der Waals surface area contributed by atoms with Gasteiger partial charge in [-0.3, -0.25) is 14.4 Å². The van der Waals surface area contributed by atoms with Crippen LogP contribution < -0.4 is 20.3 Å². The third kappa shape index (κ3) is 5.42. The fourth-order valence-corrected chi connectivity index (χ4v) is 3.64. The first kappa shape index (κ1) is 22.3. The van der Waals surface area contributed by atoms with Gasteiger partial charge in [-0.05, 0) is 42.2 Å². The highest BCUT2D eigenvalue weighted by Crippen LogP contribution is 2.22. The van der Waals surface area contributed by atoms with Crippen LogP contribution in [-0.4, -0.2) is 37.4 Å². The van der Waals surface area contributed by atoms with Crippen LogP contribution in [0.5, 0.6) is 5.75 Å². The molecule has 31 heavy (non-hydrogen) atoms. The second-order valence-electron chi connectivity index (χ2n) is 7.93. The van der Waals surface area contributed by atoms with Gasteiger partial charge in [0.15, 0.2) is 0 Å². The van der Waals surface area contributed by atoms with Crippen LogP contribution in [0.25, 0.3) is 0 Å². The van der Waals surface area contributed by atoms with Crippen molar-refractivity contribution in [2.45, 2.75) is 39.3 Å². The molecule has 1 atom stereocenters. The maximum absolute atomic E-state index is 12.9. The summed E-state index contributed by atoms with van der Waals surface area (Å²) in [5, 5.41) is 5.73. The standard InChI is InChI=1S/C24H29N3O4/c1-16(2)22(26-23(29)19-10-4-5-11-20(19)31-3)24(30)25-15-17-8-6-9-18(14-17)27-13-7-12-21(27)28/h4-6,8-11,14,16,22H,7,12-13,15H2,1-3H3,(H,25,30)(H,26,29). The average molecular weight is 424 g/mol. The molecule has 164 valence electrons. The summed E-state index contributed by atoms with van der Waals surface area (Å²) in [6.07, 6.45) is 1.44. The zero-order chi connectivity index (χ0) is 22.4. The van der Waals surface area contributed by atoms with Gasteiger partial charge in [-0.25, -0.2) is 0 Å². The van der Waals surface area contributed by atoms with Gasteiger partial charge >= 0.3 is 0 Å². The Morgan fingerprint density at radius 2 is 1.90 bits per heavy atom. The van der Waals surface area contributed by atoms with Crippen LogP contribution >= 0.6 is 0 Å². The molecule has 3 amide bonds. The van der Waals surface area contributed by atoms with Crippen molar-refractivity contribution in [1.29, 1.82) is 0 Å². The molecule has 0 bridgehead atoms. The number of hydrogen-bond donors (Lipinski definition) is 2. The van der Waals surface area contributed by atoms with Crippen LogP contribution in [0.4, 0.5) is 5.69 Å². The number of ether oxygens (including phenoxy) is 1. The molecular weight excluding hydrogens is 394 g/mol. The Morgan fingerprint density at radius 3 is 2.58 bits per heavy atom. The number of carbonyl (C=O) groups is 3. The molecule has 0 saturated carbocycles. The lowest BCUT2D eigenvalue weighted by Gasteiger charge is -2.22. The van der Waals surface area contributed by atoms with Gasteiger partial charge in [0.05, 0.1) is 12.7 Å². The average Bonchev–Trinajstić information content (AvgIpc) is 3.21. The molecule has 0 spiro atoms. The van der Waals surface area contributed by atoms with E-state index in [4.69, 9.17) is 4.74 Å². The largest absolute Gasteiger partial charge is 0.496 e. The molecule has 0 aromatic heterocycles. The van der Waals surface area contributed by atoms with Crippen molar-refractivity contribution in [3.8, 4) is 5.75 Å². The Balaban J connectivity index is 1.65. The lowest BCUT2D eigenvalue weighted by molar-refractivity contribution is -0.124. The van der Waals surface area contributed by atoms with Crippen LogP contribution in [-0.2, 0) is 16.1 Å². The molecule has 2 N–H and O–H groups in total. The summed E-state index contributed by atoms with van der Waals surface area (Å²) in [4.78, 5) is 39.3. The van der Waals surface area contributed by atoms with Gasteiger partial charge in [-0.2, -0.15) is 0 Å². The number of nitrogens with one attached hydrogen (secondary N) is 2. The molecular formula is C24H29N3O4. The second-order valence-corrected chi connectivity index (χ2v) is 7.93. The summed E-state index contributed by atoms with van der Waals surface area (Å²) in [7, 11) is 1.50. The highest BCUT2D eigenvalue weighted by molar-refractivity contribution is 5.99. The Morgan fingerprint density at radius 1 is 1.13 bits per heavy atom. The minimum absolute atomic E-state index is 0.104.